The quantitative estimate of drug-likeness (QED) is 0.453. The lowest BCUT2D eigenvalue weighted by molar-refractivity contribution is 0.102. The molecule has 0 bridgehead atoms. The highest BCUT2D eigenvalue weighted by molar-refractivity contribution is 9.10. The summed E-state index contributed by atoms with van der Waals surface area (Å²) in [5, 5.41) is 8.28. The number of halogens is 1. The van der Waals surface area contributed by atoms with Gasteiger partial charge in [-0.05, 0) is 58.4 Å². The molecule has 0 aliphatic heterocycles. The topological polar surface area (TPSA) is 88.7 Å². The average molecular weight is 470 g/mol. The van der Waals surface area contributed by atoms with E-state index in [2.05, 4.69) is 31.9 Å². The van der Waals surface area contributed by atoms with Crippen molar-refractivity contribution < 1.29 is 19.1 Å². The maximum absolute atomic E-state index is 12.7. The number of carbonyl (C=O) groups excluding carboxylic acids is 2. The van der Waals surface area contributed by atoms with Crippen molar-refractivity contribution in [2.75, 3.05) is 30.2 Å². The maximum Gasteiger partial charge on any atom is 0.323 e. The van der Waals surface area contributed by atoms with Gasteiger partial charge in [0.05, 0.1) is 14.2 Å². The van der Waals surface area contributed by atoms with Crippen LogP contribution in [0.25, 0.3) is 0 Å². The van der Waals surface area contributed by atoms with Crippen molar-refractivity contribution in [2.24, 2.45) is 0 Å². The van der Waals surface area contributed by atoms with E-state index in [0.29, 0.717) is 38.6 Å². The first-order valence-electron chi connectivity index (χ1n) is 8.96. The van der Waals surface area contributed by atoms with Gasteiger partial charge in [-0.1, -0.05) is 24.3 Å². The van der Waals surface area contributed by atoms with Crippen LogP contribution < -0.4 is 25.4 Å². The van der Waals surface area contributed by atoms with Crippen LogP contribution in [0.15, 0.2) is 71.2 Å². The van der Waals surface area contributed by atoms with E-state index in [4.69, 9.17) is 9.47 Å². The Labute approximate surface area is 182 Å². The van der Waals surface area contributed by atoms with Crippen molar-refractivity contribution in [3.8, 4) is 11.5 Å². The lowest BCUT2D eigenvalue weighted by Crippen LogP contribution is -2.19. The van der Waals surface area contributed by atoms with E-state index in [9.17, 15) is 9.59 Å². The zero-order chi connectivity index (χ0) is 21.5. The number of hydrogen-bond acceptors (Lipinski definition) is 4. The molecule has 0 fully saturated rings. The summed E-state index contributed by atoms with van der Waals surface area (Å²) in [7, 11) is 3.02. The standard InChI is InChI=1S/C22H20BrN3O4/c1-29-18-11-14(12-19(30-2)20(18)23)21(27)24-16-9-6-10-17(13-16)26-22(28)25-15-7-4-3-5-8-15/h3-13H,1-2H3,(H,24,27)(H2,25,26,28). The number of carbonyl (C=O) groups is 2. The molecule has 3 aromatic rings. The van der Waals surface area contributed by atoms with E-state index in [-0.39, 0.29) is 11.9 Å². The van der Waals surface area contributed by atoms with Gasteiger partial charge < -0.3 is 25.4 Å². The summed E-state index contributed by atoms with van der Waals surface area (Å²) in [6, 6.07) is 18.8. The van der Waals surface area contributed by atoms with Crippen LogP contribution in [0.5, 0.6) is 11.5 Å². The summed E-state index contributed by atoms with van der Waals surface area (Å²) in [4.78, 5) is 24.9. The molecule has 3 aromatic carbocycles. The van der Waals surface area contributed by atoms with Crippen LogP contribution in [0, 0.1) is 0 Å². The van der Waals surface area contributed by atoms with Gasteiger partial charge in [-0.25, -0.2) is 4.79 Å². The van der Waals surface area contributed by atoms with E-state index in [1.54, 1.807) is 48.5 Å². The number of nitrogens with one attached hydrogen (secondary N) is 3. The van der Waals surface area contributed by atoms with Crippen LogP contribution in [0.3, 0.4) is 0 Å². The first kappa shape index (κ1) is 21.2. The Bertz CT molecular complexity index is 1030. The number of urea groups is 1. The average Bonchev–Trinajstić information content (AvgIpc) is 2.74. The van der Waals surface area contributed by atoms with Crippen LogP contribution in [-0.4, -0.2) is 26.2 Å². The second-order valence-electron chi connectivity index (χ2n) is 6.17. The monoisotopic (exact) mass is 469 g/mol. The van der Waals surface area contributed by atoms with E-state index in [0.717, 1.165) is 0 Å². The van der Waals surface area contributed by atoms with Crippen molar-refractivity contribution in [1.29, 1.82) is 0 Å². The molecule has 3 amide bonds. The highest BCUT2D eigenvalue weighted by Crippen LogP contribution is 2.35. The molecule has 3 rings (SSSR count). The van der Waals surface area contributed by atoms with E-state index >= 15 is 0 Å². The second-order valence-corrected chi connectivity index (χ2v) is 6.97. The summed E-state index contributed by atoms with van der Waals surface area (Å²) in [5.41, 5.74) is 2.11. The molecule has 3 N–H and O–H groups in total. The fourth-order valence-electron chi connectivity index (χ4n) is 2.69. The first-order chi connectivity index (χ1) is 14.5. The molecule has 0 aliphatic rings. The number of benzene rings is 3. The molecule has 30 heavy (non-hydrogen) atoms. The zero-order valence-corrected chi connectivity index (χ0v) is 17.9. The molecule has 0 heterocycles. The highest BCUT2D eigenvalue weighted by Gasteiger charge is 2.15. The van der Waals surface area contributed by atoms with Crippen molar-refractivity contribution in [1.82, 2.24) is 0 Å². The Kier molecular flexibility index (Phi) is 6.92. The Morgan fingerprint density at radius 3 is 1.87 bits per heavy atom. The molecule has 7 nitrogen and oxygen atoms in total. The molecule has 0 saturated heterocycles. The van der Waals surface area contributed by atoms with Gasteiger partial charge in [0.1, 0.15) is 16.0 Å². The Morgan fingerprint density at radius 1 is 0.733 bits per heavy atom. The summed E-state index contributed by atoms with van der Waals surface area (Å²) in [6.07, 6.45) is 0. The summed E-state index contributed by atoms with van der Waals surface area (Å²) >= 11 is 3.38. The van der Waals surface area contributed by atoms with Crippen molar-refractivity contribution in [2.45, 2.75) is 0 Å². The third-order valence-electron chi connectivity index (χ3n) is 4.12. The number of rotatable bonds is 6. The number of amides is 3. The fraction of sp³-hybridized carbons (Fsp3) is 0.0909. The molecule has 154 valence electrons. The number of anilines is 3. The molecule has 0 atom stereocenters. The Hall–Kier alpha value is -3.52. The van der Waals surface area contributed by atoms with Gasteiger partial charge in [-0.15, -0.1) is 0 Å². The molecule has 0 radical (unpaired) electrons. The van der Waals surface area contributed by atoms with Crippen molar-refractivity contribution in [3.05, 3.63) is 76.8 Å². The molecule has 0 saturated carbocycles. The number of para-hydroxylation sites is 1. The number of ether oxygens (including phenoxy) is 2. The number of hydrogen-bond donors (Lipinski definition) is 3. The van der Waals surface area contributed by atoms with Crippen molar-refractivity contribution >= 4 is 44.9 Å². The molecule has 0 spiro atoms. The normalized spacial score (nSPS) is 10.1. The third-order valence-corrected chi connectivity index (χ3v) is 4.90. The van der Waals surface area contributed by atoms with Crippen molar-refractivity contribution in [3.63, 3.8) is 0 Å². The minimum absolute atomic E-state index is 0.343. The van der Waals surface area contributed by atoms with Gasteiger partial charge in [0, 0.05) is 22.6 Å². The van der Waals surface area contributed by atoms with Gasteiger partial charge in [-0.3, -0.25) is 4.79 Å². The predicted octanol–water partition coefficient (Wildman–Crippen LogP) is 5.36. The van der Waals surface area contributed by atoms with E-state index < -0.39 is 0 Å². The summed E-state index contributed by atoms with van der Waals surface area (Å²) < 4.78 is 11.2. The van der Waals surface area contributed by atoms with Gasteiger partial charge in [-0.2, -0.15) is 0 Å². The molecule has 8 heteroatoms. The molecular formula is C22H20BrN3O4. The molecule has 0 aromatic heterocycles. The minimum atomic E-state index is -0.382. The maximum atomic E-state index is 12.7. The largest absolute Gasteiger partial charge is 0.495 e. The Balaban J connectivity index is 1.70. The summed E-state index contributed by atoms with van der Waals surface area (Å²) in [5.74, 6) is 0.616. The van der Waals surface area contributed by atoms with Crippen LogP contribution in [0.2, 0.25) is 0 Å². The Morgan fingerprint density at radius 2 is 1.27 bits per heavy atom. The summed E-state index contributed by atoms with van der Waals surface area (Å²) in [6.45, 7) is 0. The fourth-order valence-corrected chi connectivity index (χ4v) is 3.25. The van der Waals surface area contributed by atoms with E-state index in [1.165, 1.54) is 14.2 Å². The lowest BCUT2D eigenvalue weighted by Gasteiger charge is -2.12. The predicted molar refractivity (Wildman–Crippen MR) is 121 cm³/mol. The van der Waals surface area contributed by atoms with Crippen LogP contribution in [0.4, 0.5) is 21.9 Å². The zero-order valence-electron chi connectivity index (χ0n) is 16.4. The number of methoxy groups -OCH3 is 2. The van der Waals surface area contributed by atoms with Crippen LogP contribution in [-0.2, 0) is 0 Å². The second kappa shape index (κ2) is 9.80. The molecular weight excluding hydrogens is 450 g/mol. The first-order valence-corrected chi connectivity index (χ1v) is 9.75. The van der Waals surface area contributed by atoms with Gasteiger partial charge in [0.25, 0.3) is 5.91 Å². The molecule has 0 unspecified atom stereocenters. The van der Waals surface area contributed by atoms with Gasteiger partial charge in [0.2, 0.25) is 0 Å². The smallest absolute Gasteiger partial charge is 0.323 e. The highest BCUT2D eigenvalue weighted by atomic mass is 79.9. The van der Waals surface area contributed by atoms with Crippen LogP contribution in [0.1, 0.15) is 10.4 Å². The third kappa shape index (κ3) is 5.30. The minimum Gasteiger partial charge on any atom is -0.495 e. The SMILES string of the molecule is COc1cc(C(=O)Nc2cccc(NC(=O)Nc3ccccc3)c2)cc(OC)c1Br. The van der Waals surface area contributed by atoms with Crippen LogP contribution >= 0.6 is 15.9 Å². The van der Waals surface area contributed by atoms with Gasteiger partial charge in [0.15, 0.2) is 0 Å². The van der Waals surface area contributed by atoms with E-state index in [1.807, 2.05) is 18.2 Å². The lowest BCUT2D eigenvalue weighted by atomic mass is 10.1. The van der Waals surface area contributed by atoms with Gasteiger partial charge >= 0.3 is 6.03 Å². The molecule has 0 aliphatic carbocycles.